The van der Waals surface area contributed by atoms with Crippen LogP contribution in [0.1, 0.15) is 10.6 Å². The number of aromatic nitrogens is 2. The first-order valence-corrected chi connectivity index (χ1v) is 5.76. The number of nitrogens with zero attached hydrogens (tertiary/aromatic N) is 1. The van der Waals surface area contributed by atoms with Crippen LogP contribution in [0.5, 0.6) is 0 Å². The van der Waals surface area contributed by atoms with Crippen LogP contribution in [0.2, 0.25) is 0 Å². The van der Waals surface area contributed by atoms with Crippen molar-refractivity contribution in [2.24, 2.45) is 0 Å². The van der Waals surface area contributed by atoms with E-state index in [4.69, 9.17) is 0 Å². The second-order valence-corrected chi connectivity index (χ2v) is 4.53. The summed E-state index contributed by atoms with van der Waals surface area (Å²) >= 11 is 6.77. The van der Waals surface area contributed by atoms with Gasteiger partial charge in [-0.2, -0.15) is 0 Å². The van der Waals surface area contributed by atoms with Gasteiger partial charge in [0.25, 0.3) is 0 Å². The molecule has 0 radical (unpaired) electrons. The van der Waals surface area contributed by atoms with E-state index in [9.17, 15) is 4.79 Å². The molecule has 0 bridgehead atoms. The maximum Gasteiger partial charge on any atom is 0.185 e. The Morgan fingerprint density at radius 1 is 1.27 bits per heavy atom. The van der Waals surface area contributed by atoms with Crippen LogP contribution in [0.3, 0.4) is 0 Å². The van der Waals surface area contributed by atoms with E-state index in [0.717, 1.165) is 15.7 Å². The number of H-pyrrole nitrogens is 1. The van der Waals surface area contributed by atoms with Gasteiger partial charge in [-0.25, -0.2) is 4.98 Å². The topological polar surface area (TPSA) is 45.8 Å². The van der Waals surface area contributed by atoms with Crippen molar-refractivity contribution in [3.05, 3.63) is 39.2 Å². The van der Waals surface area contributed by atoms with Crippen LogP contribution in [0.25, 0.3) is 11.3 Å². The average molecular weight is 330 g/mol. The van der Waals surface area contributed by atoms with Crippen LogP contribution in [0.15, 0.2) is 33.3 Å². The minimum atomic E-state index is 0.313. The molecule has 0 saturated heterocycles. The molecule has 3 nitrogen and oxygen atoms in total. The Kier molecular flexibility index (Phi) is 3.02. The van der Waals surface area contributed by atoms with Gasteiger partial charge < -0.3 is 4.98 Å². The van der Waals surface area contributed by atoms with Crippen LogP contribution in [-0.2, 0) is 0 Å². The molecule has 0 fully saturated rings. The summed E-state index contributed by atoms with van der Waals surface area (Å²) in [7, 11) is 0. The molecule has 76 valence electrons. The van der Waals surface area contributed by atoms with E-state index in [-0.39, 0.29) is 0 Å². The summed E-state index contributed by atoms with van der Waals surface area (Å²) in [5.41, 5.74) is 1.67. The summed E-state index contributed by atoms with van der Waals surface area (Å²) < 4.78 is 1.64. The van der Waals surface area contributed by atoms with Gasteiger partial charge in [0.15, 0.2) is 12.1 Å². The number of hydrogen-bond acceptors (Lipinski definition) is 2. The van der Waals surface area contributed by atoms with E-state index in [0.29, 0.717) is 16.7 Å². The molecule has 1 N–H and O–H groups in total. The highest BCUT2D eigenvalue weighted by molar-refractivity contribution is 9.11. The fourth-order valence-corrected chi connectivity index (χ4v) is 2.23. The molecule has 0 saturated carbocycles. The third-order valence-electron chi connectivity index (χ3n) is 1.92. The number of aldehydes is 1. The maximum absolute atomic E-state index is 10.6. The number of benzene rings is 1. The lowest BCUT2D eigenvalue weighted by molar-refractivity contribution is 0.111. The molecule has 0 amide bonds. The minimum absolute atomic E-state index is 0.313. The number of carbonyl (C=O) groups excluding carboxylic acids is 1. The van der Waals surface area contributed by atoms with Gasteiger partial charge in [-0.1, -0.05) is 34.1 Å². The lowest BCUT2D eigenvalue weighted by Crippen LogP contribution is -1.82. The molecule has 0 aliphatic carbocycles. The summed E-state index contributed by atoms with van der Waals surface area (Å²) in [6, 6.07) is 7.70. The summed E-state index contributed by atoms with van der Waals surface area (Å²) in [6.07, 6.45) is 0.686. The fraction of sp³-hybridized carbons (Fsp3) is 0. The molecule has 15 heavy (non-hydrogen) atoms. The molecular formula is C10H6Br2N2O. The van der Waals surface area contributed by atoms with Crippen molar-refractivity contribution >= 4 is 38.1 Å². The first-order chi connectivity index (χ1) is 7.22. The molecule has 2 rings (SSSR count). The zero-order chi connectivity index (χ0) is 10.8. The molecular weight excluding hydrogens is 324 g/mol. The number of halogens is 2. The Bertz CT molecular complexity index is 508. The molecule has 5 heteroatoms. The van der Waals surface area contributed by atoms with Gasteiger partial charge in [0.2, 0.25) is 0 Å². The highest BCUT2D eigenvalue weighted by atomic mass is 79.9. The van der Waals surface area contributed by atoms with Gasteiger partial charge in [0.1, 0.15) is 10.3 Å². The van der Waals surface area contributed by atoms with Crippen molar-refractivity contribution in [3.8, 4) is 11.3 Å². The summed E-state index contributed by atoms with van der Waals surface area (Å²) in [6.45, 7) is 0. The van der Waals surface area contributed by atoms with Crippen molar-refractivity contribution < 1.29 is 4.79 Å². The van der Waals surface area contributed by atoms with Gasteiger partial charge in [0.05, 0.1) is 0 Å². The number of carbonyl (C=O) groups is 1. The molecule has 0 aliphatic heterocycles. The molecule has 1 aromatic carbocycles. The van der Waals surface area contributed by atoms with E-state index in [2.05, 4.69) is 41.8 Å². The van der Waals surface area contributed by atoms with Gasteiger partial charge >= 0.3 is 0 Å². The number of rotatable bonds is 2. The third-order valence-corrected chi connectivity index (χ3v) is 3.18. The smallest absolute Gasteiger partial charge is 0.185 e. The number of nitrogens with one attached hydrogen (secondary N) is 1. The highest BCUT2D eigenvalue weighted by Gasteiger charge is 2.11. The van der Waals surface area contributed by atoms with Crippen LogP contribution < -0.4 is 0 Å². The summed E-state index contributed by atoms with van der Waals surface area (Å²) in [5, 5.41) is 0. The molecule has 0 atom stereocenters. The number of aromatic amines is 1. The van der Waals surface area contributed by atoms with Gasteiger partial charge in [-0.3, -0.25) is 4.79 Å². The first kappa shape index (κ1) is 10.6. The minimum Gasteiger partial charge on any atom is -0.330 e. The molecule has 2 aromatic rings. The van der Waals surface area contributed by atoms with Crippen molar-refractivity contribution in [1.82, 2.24) is 9.97 Å². The predicted octanol–water partition coefficient (Wildman–Crippen LogP) is 3.41. The van der Waals surface area contributed by atoms with Crippen molar-refractivity contribution in [2.75, 3.05) is 0 Å². The van der Waals surface area contributed by atoms with E-state index in [1.165, 1.54) is 0 Å². The maximum atomic E-state index is 10.6. The van der Waals surface area contributed by atoms with Crippen molar-refractivity contribution in [1.29, 1.82) is 0 Å². The first-order valence-electron chi connectivity index (χ1n) is 4.18. The Balaban J connectivity index is 2.58. The predicted molar refractivity (Wildman–Crippen MR) is 64.8 cm³/mol. The zero-order valence-electron chi connectivity index (χ0n) is 7.50. The normalized spacial score (nSPS) is 10.3. The SMILES string of the molecule is O=Cc1nc(-c2ccccc2Br)c(Br)[nH]1. The van der Waals surface area contributed by atoms with E-state index >= 15 is 0 Å². The van der Waals surface area contributed by atoms with Crippen molar-refractivity contribution in [2.45, 2.75) is 0 Å². The van der Waals surface area contributed by atoms with Gasteiger partial charge in [-0.15, -0.1) is 0 Å². The second-order valence-electron chi connectivity index (χ2n) is 2.88. The molecule has 1 heterocycles. The molecule has 1 aromatic heterocycles. The van der Waals surface area contributed by atoms with E-state index in [1.807, 2.05) is 24.3 Å². The Hall–Kier alpha value is -0.940. The summed E-state index contributed by atoms with van der Waals surface area (Å²) in [5.74, 6) is 0.313. The molecule has 0 unspecified atom stereocenters. The van der Waals surface area contributed by atoms with E-state index < -0.39 is 0 Å². The Morgan fingerprint density at radius 2 is 2.00 bits per heavy atom. The van der Waals surface area contributed by atoms with Crippen LogP contribution >= 0.6 is 31.9 Å². The molecule has 0 spiro atoms. The lowest BCUT2D eigenvalue weighted by atomic mass is 10.2. The largest absolute Gasteiger partial charge is 0.330 e. The van der Waals surface area contributed by atoms with Gasteiger partial charge in [0, 0.05) is 10.0 Å². The lowest BCUT2D eigenvalue weighted by Gasteiger charge is -2.00. The number of hydrogen-bond donors (Lipinski definition) is 1. The van der Waals surface area contributed by atoms with Crippen molar-refractivity contribution in [3.63, 3.8) is 0 Å². The third kappa shape index (κ3) is 2.03. The van der Waals surface area contributed by atoms with E-state index in [1.54, 1.807) is 0 Å². The quantitative estimate of drug-likeness (QED) is 0.858. The highest BCUT2D eigenvalue weighted by Crippen LogP contribution is 2.31. The fourth-order valence-electron chi connectivity index (χ4n) is 1.26. The van der Waals surface area contributed by atoms with Crippen LogP contribution in [-0.4, -0.2) is 16.3 Å². The second kappa shape index (κ2) is 4.28. The number of imidazole rings is 1. The molecule has 0 aliphatic rings. The standard InChI is InChI=1S/C10H6Br2N2O/c11-7-4-2-1-3-6(7)9-10(12)14-8(5-15)13-9/h1-5H,(H,13,14). The van der Waals surface area contributed by atoms with Gasteiger partial charge in [-0.05, 0) is 22.0 Å². The van der Waals surface area contributed by atoms with Crippen LogP contribution in [0.4, 0.5) is 0 Å². The summed E-state index contributed by atoms with van der Waals surface area (Å²) in [4.78, 5) is 17.6. The monoisotopic (exact) mass is 328 g/mol. The van der Waals surface area contributed by atoms with Crippen LogP contribution in [0, 0.1) is 0 Å². The Labute approximate surface area is 103 Å². The average Bonchev–Trinajstić information content (AvgIpc) is 2.60. The Morgan fingerprint density at radius 3 is 2.60 bits per heavy atom. The zero-order valence-corrected chi connectivity index (χ0v) is 10.7.